The van der Waals surface area contributed by atoms with Crippen molar-refractivity contribution in [2.24, 2.45) is 0 Å². The first-order chi connectivity index (χ1) is 11.6. The van der Waals surface area contributed by atoms with Crippen LogP contribution in [-0.4, -0.2) is 11.7 Å². The molecule has 24 heavy (non-hydrogen) atoms. The summed E-state index contributed by atoms with van der Waals surface area (Å²) in [4.78, 5) is 0. The Kier molecular flexibility index (Phi) is 5.59. The molecule has 0 bridgehead atoms. The van der Waals surface area contributed by atoms with E-state index < -0.39 is 6.10 Å². The number of aliphatic hydroxyl groups excluding tert-OH is 1. The molecule has 2 N–H and O–H groups in total. The van der Waals surface area contributed by atoms with Crippen LogP contribution in [0.5, 0.6) is 0 Å². The highest BCUT2D eigenvalue weighted by molar-refractivity contribution is 6.35. The smallest absolute Gasteiger partial charge is 0.134 e. The molecule has 1 heterocycles. The number of nitrogens with one attached hydrogen (secondary N) is 1. The summed E-state index contributed by atoms with van der Waals surface area (Å²) in [6.45, 7) is 0.973. The van der Waals surface area contributed by atoms with Crippen molar-refractivity contribution < 1.29 is 9.52 Å². The van der Waals surface area contributed by atoms with Crippen LogP contribution < -0.4 is 5.32 Å². The van der Waals surface area contributed by atoms with E-state index in [9.17, 15) is 5.11 Å². The molecule has 0 fully saturated rings. The number of hydrogen-bond acceptors (Lipinski definition) is 3. The number of furan rings is 1. The Morgan fingerprint density at radius 3 is 2.38 bits per heavy atom. The molecule has 0 saturated carbocycles. The predicted molar refractivity (Wildman–Crippen MR) is 97.3 cm³/mol. The van der Waals surface area contributed by atoms with Crippen molar-refractivity contribution in [1.29, 1.82) is 0 Å². The summed E-state index contributed by atoms with van der Waals surface area (Å²) in [6, 6.07) is 18.6. The molecule has 1 aromatic heterocycles. The Hall–Kier alpha value is -1.78. The second-order valence-corrected chi connectivity index (χ2v) is 6.35. The molecule has 0 amide bonds. The molecule has 0 aliphatic carbocycles. The van der Waals surface area contributed by atoms with Crippen LogP contribution in [0.4, 0.5) is 0 Å². The summed E-state index contributed by atoms with van der Waals surface area (Å²) in [6.07, 6.45) is -0.549. The van der Waals surface area contributed by atoms with Crippen LogP contribution in [0.15, 0.2) is 65.1 Å². The molecule has 3 aromatic rings. The zero-order valence-corrected chi connectivity index (χ0v) is 14.4. The summed E-state index contributed by atoms with van der Waals surface area (Å²) < 4.78 is 5.81. The van der Waals surface area contributed by atoms with Crippen molar-refractivity contribution >= 4 is 23.2 Å². The lowest BCUT2D eigenvalue weighted by molar-refractivity contribution is 0.173. The van der Waals surface area contributed by atoms with Crippen molar-refractivity contribution in [3.8, 4) is 11.3 Å². The van der Waals surface area contributed by atoms with Crippen molar-refractivity contribution in [3.05, 3.63) is 82.0 Å². The molecule has 0 radical (unpaired) electrons. The van der Waals surface area contributed by atoms with Crippen LogP contribution in [0.2, 0.25) is 10.0 Å². The van der Waals surface area contributed by atoms with Crippen LogP contribution in [-0.2, 0) is 6.54 Å². The number of hydrogen-bond donors (Lipinski definition) is 2. The first-order valence-electron chi connectivity index (χ1n) is 7.61. The van der Waals surface area contributed by atoms with E-state index in [4.69, 9.17) is 27.6 Å². The molecule has 124 valence electrons. The fourth-order valence-electron chi connectivity index (χ4n) is 2.45. The van der Waals surface area contributed by atoms with Crippen molar-refractivity contribution in [3.63, 3.8) is 0 Å². The first-order valence-corrected chi connectivity index (χ1v) is 8.36. The van der Waals surface area contributed by atoms with Crippen molar-refractivity contribution in [2.45, 2.75) is 12.6 Å². The fourth-order valence-corrected chi connectivity index (χ4v) is 2.98. The topological polar surface area (TPSA) is 45.4 Å². The Balaban J connectivity index is 1.58. The summed E-state index contributed by atoms with van der Waals surface area (Å²) in [5.41, 5.74) is 1.72. The number of rotatable bonds is 6. The van der Waals surface area contributed by atoms with Crippen LogP contribution in [0.3, 0.4) is 0 Å². The highest BCUT2D eigenvalue weighted by atomic mass is 35.5. The quantitative estimate of drug-likeness (QED) is 0.643. The molecule has 2 aromatic carbocycles. The van der Waals surface area contributed by atoms with Gasteiger partial charge < -0.3 is 14.8 Å². The van der Waals surface area contributed by atoms with Gasteiger partial charge in [0.2, 0.25) is 0 Å². The molecule has 1 atom stereocenters. The molecule has 0 aliphatic rings. The van der Waals surface area contributed by atoms with Gasteiger partial charge in [-0.25, -0.2) is 0 Å². The molecular weight excluding hydrogens is 345 g/mol. The Labute approximate surface area is 150 Å². The molecule has 3 nitrogen and oxygen atoms in total. The van der Waals surface area contributed by atoms with Gasteiger partial charge in [0.15, 0.2) is 0 Å². The van der Waals surface area contributed by atoms with Crippen LogP contribution in [0, 0.1) is 0 Å². The zero-order valence-electron chi connectivity index (χ0n) is 12.9. The first kappa shape index (κ1) is 17.1. The minimum atomic E-state index is -0.549. The van der Waals surface area contributed by atoms with Gasteiger partial charge in [-0.2, -0.15) is 0 Å². The number of benzene rings is 2. The van der Waals surface area contributed by atoms with Crippen LogP contribution >= 0.6 is 23.2 Å². The average Bonchev–Trinajstić information content (AvgIpc) is 3.04. The van der Waals surface area contributed by atoms with E-state index in [1.165, 1.54) is 0 Å². The maximum atomic E-state index is 10.1. The van der Waals surface area contributed by atoms with E-state index in [1.54, 1.807) is 6.07 Å². The van der Waals surface area contributed by atoms with E-state index in [0.717, 1.165) is 16.9 Å². The molecule has 0 saturated heterocycles. The Bertz CT molecular complexity index is 782. The van der Waals surface area contributed by atoms with Gasteiger partial charge in [-0.15, -0.1) is 0 Å². The number of halogens is 2. The lowest BCUT2D eigenvalue weighted by Gasteiger charge is -2.11. The SMILES string of the molecule is OC(CNCc1ccc(-c2cc(Cl)cc(Cl)c2)o1)c1ccccc1. The molecule has 0 aliphatic heterocycles. The van der Waals surface area contributed by atoms with E-state index in [1.807, 2.05) is 54.6 Å². The molecule has 5 heteroatoms. The van der Waals surface area contributed by atoms with Gasteiger partial charge in [0, 0.05) is 22.2 Å². The van der Waals surface area contributed by atoms with Gasteiger partial charge in [0.1, 0.15) is 11.5 Å². The van der Waals surface area contributed by atoms with E-state index >= 15 is 0 Å². The van der Waals surface area contributed by atoms with Crippen molar-refractivity contribution in [2.75, 3.05) is 6.54 Å². The van der Waals surface area contributed by atoms with Gasteiger partial charge in [0.05, 0.1) is 12.6 Å². The van der Waals surface area contributed by atoms with Crippen LogP contribution in [0.25, 0.3) is 11.3 Å². The molecule has 3 rings (SSSR count). The second kappa shape index (κ2) is 7.86. The fraction of sp³-hybridized carbons (Fsp3) is 0.158. The zero-order chi connectivity index (χ0) is 16.9. The minimum Gasteiger partial charge on any atom is -0.460 e. The van der Waals surface area contributed by atoms with Gasteiger partial charge in [0.25, 0.3) is 0 Å². The summed E-state index contributed by atoms with van der Waals surface area (Å²) in [5, 5.41) is 14.5. The lowest BCUT2D eigenvalue weighted by Crippen LogP contribution is -2.20. The molecule has 1 unspecified atom stereocenters. The lowest BCUT2D eigenvalue weighted by atomic mass is 10.1. The maximum absolute atomic E-state index is 10.1. The van der Waals surface area contributed by atoms with E-state index in [0.29, 0.717) is 28.9 Å². The third-order valence-electron chi connectivity index (χ3n) is 3.63. The molecular formula is C19H17Cl2NO2. The monoisotopic (exact) mass is 361 g/mol. The standard InChI is InChI=1S/C19H17Cl2NO2/c20-15-8-14(9-16(21)10-15)19-7-6-17(24-19)11-22-12-18(23)13-4-2-1-3-5-13/h1-10,18,22-23H,11-12H2. The van der Waals surface area contributed by atoms with Gasteiger partial charge >= 0.3 is 0 Å². The van der Waals surface area contributed by atoms with Crippen molar-refractivity contribution in [1.82, 2.24) is 5.32 Å². The largest absolute Gasteiger partial charge is 0.460 e. The minimum absolute atomic E-state index is 0.447. The molecule has 0 spiro atoms. The third-order valence-corrected chi connectivity index (χ3v) is 4.07. The van der Waals surface area contributed by atoms with Gasteiger partial charge in [-0.3, -0.25) is 0 Å². The third kappa shape index (κ3) is 4.40. The van der Waals surface area contributed by atoms with Crippen LogP contribution in [0.1, 0.15) is 17.4 Å². The average molecular weight is 362 g/mol. The second-order valence-electron chi connectivity index (χ2n) is 5.48. The Morgan fingerprint density at radius 1 is 0.958 bits per heavy atom. The van der Waals surface area contributed by atoms with Gasteiger partial charge in [-0.05, 0) is 35.9 Å². The summed E-state index contributed by atoms with van der Waals surface area (Å²) >= 11 is 12.0. The van der Waals surface area contributed by atoms with Gasteiger partial charge in [-0.1, -0.05) is 53.5 Å². The highest BCUT2D eigenvalue weighted by Crippen LogP contribution is 2.28. The normalized spacial score (nSPS) is 12.3. The maximum Gasteiger partial charge on any atom is 0.134 e. The summed E-state index contributed by atoms with van der Waals surface area (Å²) in [5.74, 6) is 1.49. The Morgan fingerprint density at radius 2 is 1.67 bits per heavy atom. The number of aliphatic hydroxyl groups is 1. The summed E-state index contributed by atoms with van der Waals surface area (Å²) in [7, 11) is 0. The highest BCUT2D eigenvalue weighted by Gasteiger charge is 2.09. The van der Waals surface area contributed by atoms with E-state index in [-0.39, 0.29) is 0 Å². The van der Waals surface area contributed by atoms with E-state index in [2.05, 4.69) is 5.32 Å². The predicted octanol–water partition coefficient (Wildman–Crippen LogP) is 5.08.